The molecule has 3 aliphatic heterocycles. The number of fused-ring (bicyclic) bond motifs is 2. The third kappa shape index (κ3) is 3.61. The summed E-state index contributed by atoms with van der Waals surface area (Å²) in [6, 6.07) is 8.51. The second-order valence-corrected chi connectivity index (χ2v) is 8.23. The zero-order valence-corrected chi connectivity index (χ0v) is 16.9. The van der Waals surface area contributed by atoms with Crippen LogP contribution >= 0.6 is 11.8 Å². The van der Waals surface area contributed by atoms with Gasteiger partial charge in [0.15, 0.2) is 5.17 Å². The molecule has 1 aromatic heterocycles. The summed E-state index contributed by atoms with van der Waals surface area (Å²) in [5.41, 5.74) is 6.70. The Morgan fingerprint density at radius 2 is 2.14 bits per heavy atom. The minimum absolute atomic E-state index is 0.00986. The van der Waals surface area contributed by atoms with Gasteiger partial charge < -0.3 is 15.0 Å². The molecule has 1 fully saturated rings. The van der Waals surface area contributed by atoms with E-state index in [9.17, 15) is 0 Å². The lowest BCUT2D eigenvalue weighted by Crippen LogP contribution is -2.36. The monoisotopic (exact) mass is 406 g/mol. The number of thioether (sulfide) groups is 1. The van der Waals surface area contributed by atoms with Crippen LogP contribution in [0.2, 0.25) is 0 Å². The number of hydrogen-bond acceptors (Lipinski definition) is 8. The van der Waals surface area contributed by atoms with Crippen LogP contribution in [0.25, 0.3) is 10.9 Å². The highest BCUT2D eigenvalue weighted by Gasteiger charge is 2.28. The third-order valence-corrected chi connectivity index (χ3v) is 6.18. The van der Waals surface area contributed by atoms with Gasteiger partial charge in [-0.05, 0) is 49.0 Å². The number of amidine groups is 1. The van der Waals surface area contributed by atoms with Gasteiger partial charge >= 0.3 is 0 Å². The fourth-order valence-corrected chi connectivity index (χ4v) is 4.48. The Bertz CT molecular complexity index is 1060. The summed E-state index contributed by atoms with van der Waals surface area (Å²) in [6.45, 7) is 5.12. The van der Waals surface area contributed by atoms with Gasteiger partial charge in [0, 0.05) is 40.9 Å². The van der Waals surface area contributed by atoms with E-state index in [1.54, 1.807) is 18.7 Å². The number of nitrogens with zero attached hydrogens (tertiary/aromatic N) is 4. The van der Waals surface area contributed by atoms with Crippen molar-refractivity contribution < 1.29 is 4.74 Å². The zero-order chi connectivity index (χ0) is 19.8. The molecule has 1 aromatic carbocycles. The Morgan fingerprint density at radius 3 is 2.97 bits per heavy atom. The molecule has 1 unspecified atom stereocenters. The first-order chi connectivity index (χ1) is 14.2. The van der Waals surface area contributed by atoms with Gasteiger partial charge in [0.25, 0.3) is 0 Å². The van der Waals surface area contributed by atoms with Gasteiger partial charge in [-0.25, -0.2) is 0 Å². The highest BCUT2D eigenvalue weighted by atomic mass is 32.2. The molecule has 0 aliphatic carbocycles. The Kier molecular flexibility index (Phi) is 4.73. The number of rotatable bonds is 3. The zero-order valence-electron chi connectivity index (χ0n) is 16.1. The molecule has 5 rings (SSSR count). The molecule has 1 saturated heterocycles. The predicted octanol–water partition coefficient (Wildman–Crippen LogP) is 3.16. The van der Waals surface area contributed by atoms with E-state index < -0.39 is 0 Å². The lowest BCUT2D eigenvalue weighted by molar-refractivity contribution is 0.122. The molecule has 0 radical (unpaired) electrons. The Balaban J connectivity index is 1.39. The van der Waals surface area contributed by atoms with E-state index in [0.717, 1.165) is 58.5 Å². The van der Waals surface area contributed by atoms with Gasteiger partial charge in [-0.1, -0.05) is 6.08 Å². The van der Waals surface area contributed by atoms with E-state index in [1.807, 2.05) is 24.5 Å². The number of allylic oxidation sites excluding steroid dienone is 2. The van der Waals surface area contributed by atoms with Crippen molar-refractivity contribution in [1.29, 1.82) is 5.41 Å². The highest BCUT2D eigenvalue weighted by Crippen LogP contribution is 2.31. The maximum atomic E-state index is 7.89. The van der Waals surface area contributed by atoms with E-state index in [1.165, 1.54) is 0 Å². The van der Waals surface area contributed by atoms with Crippen molar-refractivity contribution in [3.8, 4) is 0 Å². The lowest BCUT2D eigenvalue weighted by atomic mass is 10.1. The van der Waals surface area contributed by atoms with Crippen molar-refractivity contribution in [3.05, 3.63) is 54.4 Å². The first-order valence-electron chi connectivity index (χ1n) is 9.65. The van der Waals surface area contributed by atoms with Crippen molar-refractivity contribution in [1.82, 2.24) is 15.3 Å². The SMILES string of the molecule is CC(=N)C1=CN2C(Sc3ccc4ncc(N5CCOCC5)cc4c3)=NNC2C=C1. The molecule has 0 bridgehead atoms. The second kappa shape index (κ2) is 7.53. The largest absolute Gasteiger partial charge is 0.378 e. The van der Waals surface area contributed by atoms with Crippen LogP contribution in [-0.2, 0) is 4.74 Å². The number of morpholine rings is 1. The smallest absolute Gasteiger partial charge is 0.193 e. The maximum Gasteiger partial charge on any atom is 0.193 e. The Hall–Kier alpha value is -2.84. The fraction of sp³-hybridized carbons (Fsp3) is 0.286. The van der Waals surface area contributed by atoms with Crippen LogP contribution < -0.4 is 10.3 Å². The van der Waals surface area contributed by atoms with Crippen LogP contribution in [0.4, 0.5) is 5.69 Å². The number of aromatic nitrogens is 1. The predicted molar refractivity (Wildman–Crippen MR) is 117 cm³/mol. The number of ether oxygens (including phenoxy) is 1. The van der Waals surface area contributed by atoms with Gasteiger partial charge in [0.05, 0.1) is 30.6 Å². The molecule has 7 nitrogen and oxygen atoms in total. The number of hydrogen-bond donors (Lipinski definition) is 2. The minimum atomic E-state index is 0.00986. The van der Waals surface area contributed by atoms with Crippen molar-refractivity contribution in [2.45, 2.75) is 18.0 Å². The van der Waals surface area contributed by atoms with E-state index in [0.29, 0.717) is 5.71 Å². The van der Waals surface area contributed by atoms with Gasteiger partial charge in [-0.3, -0.25) is 15.3 Å². The summed E-state index contributed by atoms with van der Waals surface area (Å²) < 4.78 is 5.46. The molecule has 2 N–H and O–H groups in total. The molecule has 4 heterocycles. The molecule has 1 atom stereocenters. The summed E-state index contributed by atoms with van der Waals surface area (Å²) in [5, 5.41) is 14.4. The van der Waals surface area contributed by atoms with Crippen LogP contribution in [0.1, 0.15) is 6.92 Å². The van der Waals surface area contributed by atoms with Crippen molar-refractivity contribution >= 4 is 39.2 Å². The first-order valence-corrected chi connectivity index (χ1v) is 10.5. The maximum absolute atomic E-state index is 7.89. The minimum Gasteiger partial charge on any atom is -0.378 e. The average molecular weight is 407 g/mol. The topological polar surface area (TPSA) is 76.8 Å². The summed E-state index contributed by atoms with van der Waals surface area (Å²) in [7, 11) is 0. The number of pyridine rings is 1. The molecular weight excluding hydrogens is 384 g/mol. The molecular formula is C21H22N6OS. The number of hydrazone groups is 1. The van der Waals surface area contributed by atoms with Crippen LogP contribution in [0.5, 0.6) is 0 Å². The number of anilines is 1. The van der Waals surface area contributed by atoms with Crippen molar-refractivity contribution in [2.24, 2.45) is 5.10 Å². The molecule has 0 amide bonds. The number of benzene rings is 1. The molecule has 148 valence electrons. The van der Waals surface area contributed by atoms with E-state index >= 15 is 0 Å². The van der Waals surface area contributed by atoms with E-state index in [-0.39, 0.29) is 6.17 Å². The molecule has 29 heavy (non-hydrogen) atoms. The summed E-state index contributed by atoms with van der Waals surface area (Å²) in [4.78, 5) is 10.1. The summed E-state index contributed by atoms with van der Waals surface area (Å²) in [6.07, 6.45) is 7.94. The molecule has 8 heteroatoms. The highest BCUT2D eigenvalue weighted by molar-refractivity contribution is 8.13. The number of nitrogens with one attached hydrogen (secondary N) is 2. The van der Waals surface area contributed by atoms with Gasteiger partial charge in [0.1, 0.15) is 6.17 Å². The van der Waals surface area contributed by atoms with E-state index in [4.69, 9.17) is 10.1 Å². The fourth-order valence-electron chi connectivity index (χ4n) is 3.58. The van der Waals surface area contributed by atoms with Gasteiger partial charge in [0.2, 0.25) is 0 Å². The van der Waals surface area contributed by atoms with Crippen LogP contribution in [0.3, 0.4) is 0 Å². The van der Waals surface area contributed by atoms with Crippen molar-refractivity contribution in [3.63, 3.8) is 0 Å². The van der Waals surface area contributed by atoms with Gasteiger partial charge in [-0.15, -0.1) is 0 Å². The normalized spacial score (nSPS) is 20.9. The van der Waals surface area contributed by atoms with Gasteiger partial charge in [-0.2, -0.15) is 5.10 Å². The Labute approximate surface area is 173 Å². The van der Waals surface area contributed by atoms with E-state index in [2.05, 4.69) is 49.6 Å². The molecule has 0 spiro atoms. The second-order valence-electron chi connectivity index (χ2n) is 7.19. The quantitative estimate of drug-likeness (QED) is 0.763. The summed E-state index contributed by atoms with van der Waals surface area (Å²) >= 11 is 1.61. The lowest BCUT2D eigenvalue weighted by Gasteiger charge is -2.28. The molecule has 2 aromatic rings. The third-order valence-electron chi connectivity index (χ3n) is 5.21. The van der Waals surface area contributed by atoms with Crippen LogP contribution in [0.15, 0.2) is 64.4 Å². The molecule has 0 saturated carbocycles. The standard InChI is InChI=1S/C21H22N6OS/c1-14(22)15-2-5-20-24-25-21(27(20)13-15)29-18-3-4-19-16(11-18)10-17(12-23-19)26-6-8-28-9-7-26/h2-5,10-13,20,22,24H,6-9H2,1H3. The summed E-state index contributed by atoms with van der Waals surface area (Å²) in [5.74, 6) is 0. The first kappa shape index (κ1) is 18.2. The molecule has 3 aliphatic rings. The van der Waals surface area contributed by atoms with Crippen LogP contribution in [0, 0.1) is 5.41 Å². The Morgan fingerprint density at radius 1 is 1.28 bits per heavy atom. The average Bonchev–Trinajstić information content (AvgIpc) is 3.16. The van der Waals surface area contributed by atoms with Crippen molar-refractivity contribution in [2.75, 3.05) is 31.2 Å². The van der Waals surface area contributed by atoms with Crippen LogP contribution in [-0.4, -0.2) is 53.2 Å².